The lowest BCUT2D eigenvalue weighted by atomic mass is 9.87. The van der Waals surface area contributed by atoms with Crippen LogP contribution in [0.15, 0.2) is 42.5 Å². The first-order valence-corrected chi connectivity index (χ1v) is 10.9. The van der Waals surface area contributed by atoms with Gasteiger partial charge in [0, 0.05) is 37.2 Å². The molecule has 1 aliphatic heterocycles. The van der Waals surface area contributed by atoms with Gasteiger partial charge in [-0.2, -0.15) is 0 Å². The van der Waals surface area contributed by atoms with Gasteiger partial charge in [-0.3, -0.25) is 9.59 Å². The van der Waals surface area contributed by atoms with Crippen LogP contribution in [-0.2, 0) is 4.79 Å². The summed E-state index contributed by atoms with van der Waals surface area (Å²) in [6, 6.07) is 12.6. The normalized spacial score (nSPS) is 20.4. The minimum atomic E-state index is -0.368. The van der Waals surface area contributed by atoms with Crippen molar-refractivity contribution < 1.29 is 19.1 Å². The van der Waals surface area contributed by atoms with Gasteiger partial charge in [0.1, 0.15) is 11.5 Å². The van der Waals surface area contributed by atoms with Crippen molar-refractivity contribution in [3.63, 3.8) is 0 Å². The van der Waals surface area contributed by atoms with E-state index in [4.69, 9.17) is 21.1 Å². The van der Waals surface area contributed by atoms with Crippen molar-refractivity contribution in [2.45, 2.75) is 18.8 Å². The van der Waals surface area contributed by atoms with Gasteiger partial charge in [0.25, 0.3) is 5.91 Å². The molecule has 2 atom stereocenters. The maximum absolute atomic E-state index is 13.2. The maximum Gasteiger partial charge on any atom is 0.255 e. The maximum atomic E-state index is 13.2. The number of hydrogen-bond donors (Lipinski definition) is 1. The van der Waals surface area contributed by atoms with Crippen LogP contribution >= 0.6 is 11.6 Å². The second kappa shape index (κ2) is 9.18. The zero-order valence-corrected chi connectivity index (χ0v) is 18.5. The number of nitrogens with zero attached hydrogens (tertiary/aromatic N) is 1. The summed E-state index contributed by atoms with van der Waals surface area (Å²) >= 11 is 6.26. The van der Waals surface area contributed by atoms with E-state index < -0.39 is 0 Å². The van der Waals surface area contributed by atoms with Crippen molar-refractivity contribution in [2.75, 3.05) is 33.9 Å². The van der Waals surface area contributed by atoms with E-state index in [1.807, 2.05) is 18.2 Å². The molecule has 164 valence electrons. The van der Waals surface area contributed by atoms with Gasteiger partial charge in [0.2, 0.25) is 5.91 Å². The number of amides is 2. The van der Waals surface area contributed by atoms with Crippen molar-refractivity contribution in [3.8, 4) is 11.5 Å². The van der Waals surface area contributed by atoms with Crippen molar-refractivity contribution in [3.05, 3.63) is 58.6 Å². The van der Waals surface area contributed by atoms with Crippen molar-refractivity contribution in [1.29, 1.82) is 0 Å². The minimum absolute atomic E-state index is 0.0239. The number of nitrogens with one attached hydrogen (secondary N) is 1. The number of ether oxygens (including phenoxy) is 2. The highest BCUT2D eigenvalue weighted by molar-refractivity contribution is 6.33. The lowest BCUT2D eigenvalue weighted by molar-refractivity contribution is -0.125. The van der Waals surface area contributed by atoms with E-state index in [0.29, 0.717) is 47.6 Å². The molecule has 2 fully saturated rings. The highest BCUT2D eigenvalue weighted by Gasteiger charge is 2.42. The number of halogens is 1. The monoisotopic (exact) mass is 442 g/mol. The molecular weight excluding hydrogens is 416 g/mol. The quantitative estimate of drug-likeness (QED) is 0.709. The predicted molar refractivity (Wildman–Crippen MR) is 119 cm³/mol. The standard InChI is InChI=1S/C24H27ClN2O4/c1-30-16-9-10-17(22(11-16)31-2)19-13-27(24(29)18-5-3-4-6-21(18)25)14-20(19)23(28)26-12-15-7-8-15/h3-6,9-11,15,19-20H,7-8,12-14H2,1-2H3,(H,26,28)/t19-,20-/m0/s1. The zero-order valence-electron chi connectivity index (χ0n) is 17.8. The molecule has 1 saturated carbocycles. The van der Waals surface area contributed by atoms with Crippen molar-refractivity contribution in [1.82, 2.24) is 10.2 Å². The Morgan fingerprint density at radius 3 is 2.55 bits per heavy atom. The van der Waals surface area contributed by atoms with Gasteiger partial charge < -0.3 is 19.7 Å². The zero-order chi connectivity index (χ0) is 22.0. The fourth-order valence-electron chi connectivity index (χ4n) is 4.18. The molecule has 0 spiro atoms. The molecule has 6 nitrogen and oxygen atoms in total. The van der Waals surface area contributed by atoms with Gasteiger partial charge in [0.15, 0.2) is 0 Å². The Morgan fingerprint density at radius 1 is 1.10 bits per heavy atom. The van der Waals surface area contributed by atoms with E-state index in [9.17, 15) is 9.59 Å². The van der Waals surface area contributed by atoms with Gasteiger partial charge in [-0.1, -0.05) is 29.8 Å². The molecule has 0 aromatic heterocycles. The first kappa shape index (κ1) is 21.5. The third kappa shape index (κ3) is 4.64. The largest absolute Gasteiger partial charge is 0.497 e. The summed E-state index contributed by atoms with van der Waals surface area (Å²) in [4.78, 5) is 28.0. The van der Waals surface area contributed by atoms with Crippen LogP contribution in [0.3, 0.4) is 0 Å². The summed E-state index contributed by atoms with van der Waals surface area (Å²) in [6.45, 7) is 1.44. The molecule has 0 radical (unpaired) electrons. The van der Waals surface area contributed by atoms with E-state index in [-0.39, 0.29) is 23.7 Å². The molecule has 1 saturated heterocycles. The summed E-state index contributed by atoms with van der Waals surface area (Å²) in [5.74, 6) is 1.16. The number of hydrogen-bond acceptors (Lipinski definition) is 4. The molecule has 2 amide bonds. The Hall–Kier alpha value is -2.73. The van der Waals surface area contributed by atoms with Gasteiger partial charge >= 0.3 is 0 Å². The van der Waals surface area contributed by atoms with Crippen LogP contribution in [0.25, 0.3) is 0 Å². The van der Waals surface area contributed by atoms with Crippen LogP contribution < -0.4 is 14.8 Å². The third-order valence-electron chi connectivity index (χ3n) is 6.15. The average molecular weight is 443 g/mol. The second-order valence-electron chi connectivity index (χ2n) is 8.20. The number of benzene rings is 2. The molecule has 0 unspecified atom stereocenters. The number of rotatable bonds is 7. The van der Waals surface area contributed by atoms with E-state index in [1.165, 1.54) is 0 Å². The van der Waals surface area contributed by atoms with Crippen LogP contribution in [0.2, 0.25) is 5.02 Å². The number of methoxy groups -OCH3 is 2. The molecule has 1 N–H and O–H groups in total. The van der Waals surface area contributed by atoms with Crippen LogP contribution in [0, 0.1) is 11.8 Å². The molecule has 2 aromatic carbocycles. The van der Waals surface area contributed by atoms with E-state index in [1.54, 1.807) is 43.4 Å². The first-order chi connectivity index (χ1) is 15.0. The Labute approximate surface area is 187 Å². The average Bonchev–Trinajstić information content (AvgIpc) is 3.52. The Kier molecular flexibility index (Phi) is 6.37. The molecule has 31 heavy (non-hydrogen) atoms. The molecule has 1 heterocycles. The minimum Gasteiger partial charge on any atom is -0.497 e. The summed E-state index contributed by atoms with van der Waals surface area (Å²) in [5.41, 5.74) is 1.34. The van der Waals surface area contributed by atoms with Crippen LogP contribution in [0.5, 0.6) is 11.5 Å². The van der Waals surface area contributed by atoms with Gasteiger partial charge in [-0.25, -0.2) is 0 Å². The highest BCUT2D eigenvalue weighted by atomic mass is 35.5. The Morgan fingerprint density at radius 2 is 1.87 bits per heavy atom. The Balaban J connectivity index is 1.62. The first-order valence-electron chi connectivity index (χ1n) is 10.5. The fourth-order valence-corrected chi connectivity index (χ4v) is 4.39. The SMILES string of the molecule is COc1ccc([C@@H]2CN(C(=O)c3ccccc3Cl)C[C@@H]2C(=O)NCC2CC2)c(OC)c1. The van der Waals surface area contributed by atoms with Crippen LogP contribution in [0.1, 0.15) is 34.7 Å². The molecule has 0 bridgehead atoms. The van der Waals surface area contributed by atoms with Crippen molar-refractivity contribution >= 4 is 23.4 Å². The fraction of sp³-hybridized carbons (Fsp3) is 0.417. The molecule has 4 rings (SSSR count). The topological polar surface area (TPSA) is 67.9 Å². The van der Waals surface area contributed by atoms with E-state index in [2.05, 4.69) is 5.32 Å². The molecule has 1 aliphatic carbocycles. The summed E-state index contributed by atoms with van der Waals surface area (Å²) in [7, 11) is 3.20. The number of carbonyl (C=O) groups is 2. The Bertz CT molecular complexity index is 976. The molecule has 2 aromatic rings. The van der Waals surface area contributed by atoms with Gasteiger partial charge in [-0.05, 0) is 37.0 Å². The molecule has 2 aliphatic rings. The highest BCUT2D eigenvalue weighted by Crippen LogP contribution is 2.40. The van der Waals surface area contributed by atoms with Crippen LogP contribution in [0.4, 0.5) is 0 Å². The van der Waals surface area contributed by atoms with Gasteiger partial charge in [0.05, 0.1) is 30.7 Å². The second-order valence-corrected chi connectivity index (χ2v) is 8.61. The lowest BCUT2D eigenvalue weighted by Gasteiger charge is -2.21. The summed E-state index contributed by atoms with van der Waals surface area (Å²) < 4.78 is 10.9. The third-order valence-corrected chi connectivity index (χ3v) is 6.48. The molecule has 7 heteroatoms. The summed E-state index contributed by atoms with van der Waals surface area (Å²) in [6.07, 6.45) is 2.33. The van der Waals surface area contributed by atoms with Gasteiger partial charge in [-0.15, -0.1) is 0 Å². The lowest BCUT2D eigenvalue weighted by Crippen LogP contribution is -2.36. The van der Waals surface area contributed by atoms with E-state index in [0.717, 1.165) is 18.4 Å². The van der Waals surface area contributed by atoms with Crippen LogP contribution in [-0.4, -0.2) is 50.6 Å². The number of likely N-dealkylation sites (tertiary alicyclic amines) is 1. The number of carbonyl (C=O) groups excluding carboxylic acids is 2. The van der Waals surface area contributed by atoms with E-state index >= 15 is 0 Å². The smallest absolute Gasteiger partial charge is 0.255 e. The van der Waals surface area contributed by atoms with Crippen molar-refractivity contribution in [2.24, 2.45) is 11.8 Å². The molecular formula is C24H27ClN2O4. The summed E-state index contributed by atoms with van der Waals surface area (Å²) in [5, 5.41) is 3.50. The predicted octanol–water partition coefficient (Wildman–Crippen LogP) is 3.74.